The van der Waals surface area contributed by atoms with Crippen LogP contribution in [0.5, 0.6) is 0 Å². The van der Waals surface area contributed by atoms with Crippen molar-refractivity contribution in [1.29, 1.82) is 0 Å². The highest BCUT2D eigenvalue weighted by Crippen LogP contribution is 2.42. The van der Waals surface area contributed by atoms with Crippen molar-refractivity contribution in [2.75, 3.05) is 18.1 Å². The maximum Gasteiger partial charge on any atom is 0.249 e. The van der Waals surface area contributed by atoms with Crippen molar-refractivity contribution < 1.29 is 9.59 Å². The molecule has 2 amide bonds. The number of carbonyl (C=O) groups excluding carboxylic acids is 2. The fourth-order valence-electron chi connectivity index (χ4n) is 3.06. The Kier molecular flexibility index (Phi) is 4.99. The van der Waals surface area contributed by atoms with Gasteiger partial charge in [0, 0.05) is 6.54 Å². The maximum absolute atomic E-state index is 12.8. The molecule has 0 bridgehead atoms. The molecule has 0 radical (unpaired) electrons. The third-order valence-electron chi connectivity index (χ3n) is 4.44. The number of nitrogens with one attached hydrogen (secondary N) is 1. The Bertz CT molecular complexity index is 384. The molecule has 2 rings (SSSR count). The van der Waals surface area contributed by atoms with Crippen LogP contribution in [0.1, 0.15) is 46.5 Å². The highest BCUT2D eigenvalue weighted by Gasteiger charge is 2.54. The van der Waals surface area contributed by atoms with Gasteiger partial charge in [0.1, 0.15) is 11.6 Å². The van der Waals surface area contributed by atoms with E-state index in [1.165, 1.54) is 0 Å². The van der Waals surface area contributed by atoms with Crippen molar-refractivity contribution in [2.45, 2.75) is 58.0 Å². The summed E-state index contributed by atoms with van der Waals surface area (Å²) in [6, 6.07) is -0.277. The molecule has 20 heavy (non-hydrogen) atoms. The Hall–Kier alpha value is -0.710. The van der Waals surface area contributed by atoms with Gasteiger partial charge in [-0.1, -0.05) is 13.8 Å². The molecular weight excluding hydrogens is 272 g/mol. The maximum atomic E-state index is 12.8. The fourth-order valence-corrected chi connectivity index (χ4v) is 3.68. The zero-order chi connectivity index (χ0) is 14.8. The molecule has 2 atom stereocenters. The van der Waals surface area contributed by atoms with Crippen molar-refractivity contribution >= 4 is 23.6 Å². The molecule has 1 heterocycles. The van der Waals surface area contributed by atoms with Crippen molar-refractivity contribution in [3.05, 3.63) is 0 Å². The molecule has 2 fully saturated rings. The molecule has 0 aromatic rings. The summed E-state index contributed by atoms with van der Waals surface area (Å²) >= 11 is 1.89. The summed E-state index contributed by atoms with van der Waals surface area (Å²) in [4.78, 5) is 27.0. The van der Waals surface area contributed by atoms with E-state index in [4.69, 9.17) is 0 Å². The van der Waals surface area contributed by atoms with E-state index in [0.29, 0.717) is 18.9 Å². The first-order valence-corrected chi connectivity index (χ1v) is 8.90. The number of thioether (sulfide) groups is 1. The van der Waals surface area contributed by atoms with Gasteiger partial charge in [-0.05, 0) is 50.0 Å². The van der Waals surface area contributed by atoms with Gasteiger partial charge in [0.25, 0.3) is 0 Å². The van der Waals surface area contributed by atoms with Crippen LogP contribution in [0.3, 0.4) is 0 Å². The van der Waals surface area contributed by atoms with Crippen LogP contribution < -0.4 is 5.32 Å². The normalized spacial score (nSPS) is 30.6. The van der Waals surface area contributed by atoms with Crippen LogP contribution in [0.15, 0.2) is 0 Å². The smallest absolute Gasteiger partial charge is 0.249 e. The SMILES string of the molecule is CCSCCCN1C(=O)C(C)(C2CC2)NC(=O)C1CC. The summed E-state index contributed by atoms with van der Waals surface area (Å²) in [5.74, 6) is 2.66. The van der Waals surface area contributed by atoms with Gasteiger partial charge in [0.15, 0.2) is 0 Å². The minimum absolute atomic E-state index is 0.0321. The Morgan fingerprint density at radius 3 is 2.60 bits per heavy atom. The van der Waals surface area contributed by atoms with Crippen LogP contribution in [0.4, 0.5) is 0 Å². The summed E-state index contributed by atoms with van der Waals surface area (Å²) < 4.78 is 0. The molecule has 0 spiro atoms. The number of nitrogens with zero attached hydrogens (tertiary/aromatic N) is 1. The molecule has 1 aliphatic carbocycles. The molecule has 0 aromatic carbocycles. The van der Waals surface area contributed by atoms with Crippen molar-refractivity contribution in [3.8, 4) is 0 Å². The third-order valence-corrected chi connectivity index (χ3v) is 5.42. The molecule has 1 saturated carbocycles. The van der Waals surface area contributed by atoms with Gasteiger partial charge in [0.05, 0.1) is 0 Å². The standard InChI is InChI=1S/C15H26N2O2S/c1-4-12-13(18)16-15(3,11-7-8-11)14(19)17(12)9-6-10-20-5-2/h11-12H,4-10H2,1-3H3,(H,16,18). The molecule has 1 saturated heterocycles. The predicted octanol–water partition coefficient (Wildman–Crippen LogP) is 2.04. The molecule has 114 valence electrons. The van der Waals surface area contributed by atoms with E-state index in [9.17, 15) is 9.59 Å². The lowest BCUT2D eigenvalue weighted by atomic mass is 9.89. The minimum atomic E-state index is -0.652. The molecule has 4 nitrogen and oxygen atoms in total. The van der Waals surface area contributed by atoms with Crippen LogP contribution in [0.25, 0.3) is 0 Å². The van der Waals surface area contributed by atoms with Crippen LogP contribution in [0.2, 0.25) is 0 Å². The average molecular weight is 298 g/mol. The highest BCUT2D eigenvalue weighted by molar-refractivity contribution is 7.99. The minimum Gasteiger partial charge on any atom is -0.340 e. The second-order valence-corrected chi connectivity index (χ2v) is 7.33. The third kappa shape index (κ3) is 2.97. The van der Waals surface area contributed by atoms with Gasteiger partial charge in [-0.15, -0.1) is 0 Å². The Balaban J connectivity index is 2.06. The molecule has 1 aliphatic heterocycles. The lowest BCUT2D eigenvalue weighted by Crippen LogP contribution is -2.70. The first-order chi connectivity index (χ1) is 9.54. The quantitative estimate of drug-likeness (QED) is 0.732. The van der Waals surface area contributed by atoms with Crippen LogP contribution in [-0.2, 0) is 9.59 Å². The first kappa shape index (κ1) is 15.7. The highest BCUT2D eigenvalue weighted by atomic mass is 32.2. The second kappa shape index (κ2) is 6.37. The lowest BCUT2D eigenvalue weighted by Gasteiger charge is -2.44. The van der Waals surface area contributed by atoms with Crippen LogP contribution in [0, 0.1) is 5.92 Å². The van der Waals surface area contributed by atoms with Crippen molar-refractivity contribution in [2.24, 2.45) is 5.92 Å². The summed E-state index contributed by atoms with van der Waals surface area (Å²) in [6.45, 7) is 6.74. The van der Waals surface area contributed by atoms with Crippen LogP contribution in [-0.4, -0.2) is 46.3 Å². The van der Waals surface area contributed by atoms with Gasteiger partial charge in [-0.25, -0.2) is 0 Å². The van der Waals surface area contributed by atoms with Gasteiger partial charge < -0.3 is 10.2 Å². The van der Waals surface area contributed by atoms with E-state index in [1.54, 1.807) is 0 Å². The molecule has 0 aromatic heterocycles. The second-order valence-electron chi connectivity index (χ2n) is 5.94. The predicted molar refractivity (Wildman–Crippen MR) is 82.7 cm³/mol. The van der Waals surface area contributed by atoms with Crippen LogP contribution >= 0.6 is 11.8 Å². The number of rotatable bonds is 7. The molecule has 2 unspecified atom stereocenters. The molecular formula is C15H26N2O2S. The number of piperazine rings is 1. The average Bonchev–Trinajstić information content (AvgIpc) is 3.24. The molecule has 5 heteroatoms. The topological polar surface area (TPSA) is 49.4 Å². The number of carbonyl (C=O) groups is 2. The summed E-state index contributed by atoms with van der Waals surface area (Å²) in [6.07, 6.45) is 3.77. The summed E-state index contributed by atoms with van der Waals surface area (Å²) in [5, 5.41) is 3.00. The van der Waals surface area contributed by atoms with E-state index in [2.05, 4.69) is 12.2 Å². The van der Waals surface area contributed by atoms with E-state index in [0.717, 1.165) is 30.8 Å². The Morgan fingerprint density at radius 2 is 2.05 bits per heavy atom. The van der Waals surface area contributed by atoms with Gasteiger partial charge >= 0.3 is 0 Å². The van der Waals surface area contributed by atoms with E-state index < -0.39 is 5.54 Å². The summed E-state index contributed by atoms with van der Waals surface area (Å²) in [5.41, 5.74) is -0.652. The Morgan fingerprint density at radius 1 is 1.35 bits per heavy atom. The monoisotopic (exact) mass is 298 g/mol. The van der Waals surface area contributed by atoms with Crippen molar-refractivity contribution in [3.63, 3.8) is 0 Å². The van der Waals surface area contributed by atoms with E-state index >= 15 is 0 Å². The van der Waals surface area contributed by atoms with Gasteiger partial charge in [-0.2, -0.15) is 11.8 Å². The fraction of sp³-hybridized carbons (Fsp3) is 0.867. The first-order valence-electron chi connectivity index (χ1n) is 7.75. The van der Waals surface area contributed by atoms with E-state index in [1.807, 2.05) is 30.5 Å². The number of hydrogen-bond acceptors (Lipinski definition) is 3. The van der Waals surface area contributed by atoms with Crippen molar-refractivity contribution in [1.82, 2.24) is 10.2 Å². The lowest BCUT2D eigenvalue weighted by molar-refractivity contribution is -0.155. The zero-order valence-electron chi connectivity index (χ0n) is 12.8. The van der Waals surface area contributed by atoms with Gasteiger partial charge in [-0.3, -0.25) is 9.59 Å². The zero-order valence-corrected chi connectivity index (χ0v) is 13.6. The molecule has 1 N–H and O–H groups in total. The molecule has 2 aliphatic rings. The Labute approximate surface area is 126 Å². The number of hydrogen-bond donors (Lipinski definition) is 1. The van der Waals surface area contributed by atoms with E-state index in [-0.39, 0.29) is 17.9 Å². The van der Waals surface area contributed by atoms with Gasteiger partial charge in [0.2, 0.25) is 11.8 Å². The number of amides is 2. The largest absolute Gasteiger partial charge is 0.340 e. The summed E-state index contributed by atoms with van der Waals surface area (Å²) in [7, 11) is 0.